The number of para-hydroxylation sites is 1. The maximum Gasteiger partial charge on any atom is 0.123 e. The fourth-order valence-electron chi connectivity index (χ4n) is 1.25. The minimum absolute atomic E-state index is 0. The van der Waals surface area contributed by atoms with Gasteiger partial charge in [-0.15, -0.1) is 12.4 Å². The van der Waals surface area contributed by atoms with E-state index in [2.05, 4.69) is 11.4 Å². The van der Waals surface area contributed by atoms with Crippen molar-refractivity contribution >= 4 is 12.4 Å². The quantitative estimate of drug-likeness (QED) is 0.759. The maximum absolute atomic E-state index is 5.23. The molecule has 1 aromatic carbocycles. The first-order valence-electron chi connectivity index (χ1n) is 4.70. The van der Waals surface area contributed by atoms with Gasteiger partial charge < -0.3 is 14.8 Å². The molecule has 1 N–H and O–H groups in total. The Kier molecular flexibility index (Phi) is 8.09. The molecule has 0 heterocycles. The van der Waals surface area contributed by atoms with E-state index in [0.717, 1.165) is 25.4 Å². The number of ether oxygens (including phenoxy) is 2. The molecule has 3 nitrogen and oxygen atoms in total. The highest BCUT2D eigenvalue weighted by Gasteiger charge is 1.99. The molecule has 0 aromatic heterocycles. The standard InChI is InChI=1S/C11H17NO2.ClH/c1-13-8-7-12-9-10-5-3-4-6-11(10)14-2;/h3-6,12H,7-9H2,1-2H3;1H. The summed E-state index contributed by atoms with van der Waals surface area (Å²) in [4.78, 5) is 0. The van der Waals surface area contributed by atoms with Gasteiger partial charge in [0.2, 0.25) is 0 Å². The molecule has 0 spiro atoms. The van der Waals surface area contributed by atoms with Crippen molar-refractivity contribution in [2.75, 3.05) is 27.4 Å². The number of halogens is 1. The average molecular weight is 232 g/mol. The topological polar surface area (TPSA) is 30.5 Å². The van der Waals surface area contributed by atoms with Crippen LogP contribution in [-0.2, 0) is 11.3 Å². The summed E-state index contributed by atoms with van der Waals surface area (Å²) in [5, 5.41) is 3.27. The van der Waals surface area contributed by atoms with E-state index in [1.54, 1.807) is 14.2 Å². The molecule has 0 bridgehead atoms. The molecule has 15 heavy (non-hydrogen) atoms. The second-order valence-corrected chi connectivity index (χ2v) is 2.98. The molecule has 0 saturated carbocycles. The fourth-order valence-corrected chi connectivity index (χ4v) is 1.25. The van der Waals surface area contributed by atoms with Crippen LogP contribution in [0.25, 0.3) is 0 Å². The van der Waals surface area contributed by atoms with Crippen LogP contribution in [0.15, 0.2) is 24.3 Å². The van der Waals surface area contributed by atoms with Crippen molar-refractivity contribution in [2.45, 2.75) is 6.54 Å². The lowest BCUT2D eigenvalue weighted by Gasteiger charge is -2.08. The highest BCUT2D eigenvalue weighted by molar-refractivity contribution is 5.85. The number of methoxy groups -OCH3 is 2. The molecular weight excluding hydrogens is 214 g/mol. The molecule has 4 heteroatoms. The first kappa shape index (κ1) is 14.2. The van der Waals surface area contributed by atoms with Gasteiger partial charge in [-0.25, -0.2) is 0 Å². The second-order valence-electron chi connectivity index (χ2n) is 2.98. The van der Waals surface area contributed by atoms with E-state index in [1.807, 2.05) is 18.2 Å². The Hall–Kier alpha value is -0.770. The SMILES string of the molecule is COCCNCc1ccccc1OC.Cl. The van der Waals surface area contributed by atoms with E-state index < -0.39 is 0 Å². The Bertz CT molecular complexity index is 269. The van der Waals surface area contributed by atoms with Crippen LogP contribution >= 0.6 is 12.4 Å². The number of hydrogen-bond acceptors (Lipinski definition) is 3. The van der Waals surface area contributed by atoms with Crippen molar-refractivity contribution in [3.63, 3.8) is 0 Å². The van der Waals surface area contributed by atoms with E-state index in [4.69, 9.17) is 9.47 Å². The highest BCUT2D eigenvalue weighted by Crippen LogP contribution is 2.16. The highest BCUT2D eigenvalue weighted by atomic mass is 35.5. The predicted octanol–water partition coefficient (Wildman–Crippen LogP) is 1.85. The molecule has 86 valence electrons. The summed E-state index contributed by atoms with van der Waals surface area (Å²) in [6.45, 7) is 2.40. The van der Waals surface area contributed by atoms with Crippen molar-refractivity contribution in [3.05, 3.63) is 29.8 Å². The molecule has 1 aromatic rings. The zero-order chi connectivity index (χ0) is 10.2. The van der Waals surface area contributed by atoms with Crippen LogP contribution in [0.2, 0.25) is 0 Å². The van der Waals surface area contributed by atoms with Gasteiger partial charge in [0.05, 0.1) is 13.7 Å². The molecule has 0 radical (unpaired) electrons. The van der Waals surface area contributed by atoms with Gasteiger partial charge in [-0.2, -0.15) is 0 Å². The third-order valence-corrected chi connectivity index (χ3v) is 1.99. The predicted molar refractivity (Wildman–Crippen MR) is 63.8 cm³/mol. The van der Waals surface area contributed by atoms with Crippen molar-refractivity contribution < 1.29 is 9.47 Å². The third-order valence-electron chi connectivity index (χ3n) is 1.99. The van der Waals surface area contributed by atoms with E-state index >= 15 is 0 Å². The van der Waals surface area contributed by atoms with E-state index in [-0.39, 0.29) is 12.4 Å². The van der Waals surface area contributed by atoms with Crippen molar-refractivity contribution in [1.29, 1.82) is 0 Å². The van der Waals surface area contributed by atoms with Crippen LogP contribution in [0, 0.1) is 0 Å². The van der Waals surface area contributed by atoms with Gasteiger partial charge in [-0.3, -0.25) is 0 Å². The van der Waals surface area contributed by atoms with Gasteiger partial charge in [0.25, 0.3) is 0 Å². The van der Waals surface area contributed by atoms with E-state index in [0.29, 0.717) is 0 Å². The Morgan fingerprint density at radius 3 is 2.60 bits per heavy atom. The lowest BCUT2D eigenvalue weighted by atomic mass is 10.2. The summed E-state index contributed by atoms with van der Waals surface area (Å²) >= 11 is 0. The molecule has 0 amide bonds. The first-order valence-corrected chi connectivity index (χ1v) is 4.70. The van der Waals surface area contributed by atoms with Gasteiger partial charge >= 0.3 is 0 Å². The lowest BCUT2D eigenvalue weighted by molar-refractivity contribution is 0.199. The molecular formula is C11H18ClNO2. The minimum atomic E-state index is 0. The molecule has 1 rings (SSSR count). The van der Waals surface area contributed by atoms with Crippen LogP contribution in [0.5, 0.6) is 5.75 Å². The summed E-state index contributed by atoms with van der Waals surface area (Å²) in [6.07, 6.45) is 0. The molecule has 0 aliphatic heterocycles. The monoisotopic (exact) mass is 231 g/mol. The van der Waals surface area contributed by atoms with Crippen LogP contribution in [0.1, 0.15) is 5.56 Å². The fraction of sp³-hybridized carbons (Fsp3) is 0.455. The van der Waals surface area contributed by atoms with Gasteiger partial charge in [0.1, 0.15) is 5.75 Å². The molecule has 0 aliphatic rings. The Balaban J connectivity index is 0.00000196. The third kappa shape index (κ3) is 5.02. The molecule has 0 unspecified atom stereocenters. The van der Waals surface area contributed by atoms with Crippen LogP contribution in [-0.4, -0.2) is 27.4 Å². The number of rotatable bonds is 6. The van der Waals surface area contributed by atoms with Gasteiger partial charge in [-0.1, -0.05) is 18.2 Å². The first-order chi connectivity index (χ1) is 6.88. The Morgan fingerprint density at radius 1 is 1.20 bits per heavy atom. The van der Waals surface area contributed by atoms with Crippen molar-refractivity contribution in [3.8, 4) is 5.75 Å². The van der Waals surface area contributed by atoms with E-state index in [9.17, 15) is 0 Å². The zero-order valence-electron chi connectivity index (χ0n) is 9.16. The zero-order valence-corrected chi connectivity index (χ0v) is 9.97. The normalized spacial score (nSPS) is 9.47. The van der Waals surface area contributed by atoms with Gasteiger partial charge in [-0.05, 0) is 6.07 Å². The Morgan fingerprint density at radius 2 is 1.93 bits per heavy atom. The second kappa shape index (κ2) is 8.53. The van der Waals surface area contributed by atoms with Crippen molar-refractivity contribution in [2.24, 2.45) is 0 Å². The summed E-state index contributed by atoms with van der Waals surface area (Å²) in [5.74, 6) is 0.928. The minimum Gasteiger partial charge on any atom is -0.496 e. The van der Waals surface area contributed by atoms with Crippen LogP contribution in [0.3, 0.4) is 0 Å². The Labute approximate surface area is 97.2 Å². The maximum atomic E-state index is 5.23. The van der Waals surface area contributed by atoms with Gasteiger partial charge in [0.15, 0.2) is 0 Å². The summed E-state index contributed by atoms with van der Waals surface area (Å²) in [5.41, 5.74) is 1.17. The summed E-state index contributed by atoms with van der Waals surface area (Å²) in [6, 6.07) is 8.00. The van der Waals surface area contributed by atoms with Crippen LogP contribution < -0.4 is 10.1 Å². The van der Waals surface area contributed by atoms with Crippen LogP contribution in [0.4, 0.5) is 0 Å². The van der Waals surface area contributed by atoms with Gasteiger partial charge in [0, 0.05) is 25.8 Å². The smallest absolute Gasteiger partial charge is 0.123 e. The molecule has 0 atom stereocenters. The molecule has 0 fully saturated rings. The summed E-state index contributed by atoms with van der Waals surface area (Å²) < 4.78 is 10.2. The summed E-state index contributed by atoms with van der Waals surface area (Å²) in [7, 11) is 3.39. The average Bonchev–Trinajstić information content (AvgIpc) is 2.25. The van der Waals surface area contributed by atoms with E-state index in [1.165, 1.54) is 5.56 Å². The number of hydrogen-bond donors (Lipinski definition) is 1. The lowest BCUT2D eigenvalue weighted by Crippen LogP contribution is -2.18. The largest absolute Gasteiger partial charge is 0.496 e. The number of benzene rings is 1. The molecule has 0 aliphatic carbocycles. The molecule has 0 saturated heterocycles. The van der Waals surface area contributed by atoms with Crippen molar-refractivity contribution in [1.82, 2.24) is 5.32 Å². The number of nitrogens with one attached hydrogen (secondary N) is 1.